The first-order valence-electron chi connectivity index (χ1n) is 6.25. The Labute approximate surface area is 117 Å². The average molecular weight is 286 g/mol. The zero-order chi connectivity index (χ0) is 14.7. The van der Waals surface area contributed by atoms with Crippen molar-refractivity contribution in [2.45, 2.75) is 6.29 Å². The highest BCUT2D eigenvalue weighted by atomic mass is 16.7. The van der Waals surface area contributed by atoms with Crippen LogP contribution in [0.1, 0.15) is 11.9 Å². The average Bonchev–Trinajstić information content (AvgIpc) is 2.49. The summed E-state index contributed by atoms with van der Waals surface area (Å²) in [4.78, 5) is 12.0. The van der Waals surface area contributed by atoms with E-state index in [0.717, 1.165) is 0 Å². The van der Waals surface area contributed by atoms with Gasteiger partial charge in [-0.2, -0.15) is 0 Å². The van der Waals surface area contributed by atoms with Crippen molar-refractivity contribution in [1.82, 2.24) is 0 Å². The van der Waals surface area contributed by atoms with Crippen LogP contribution < -0.4 is 10.4 Å². The molecule has 106 valence electrons. The summed E-state index contributed by atoms with van der Waals surface area (Å²) in [5, 5.41) is 21.1. The van der Waals surface area contributed by atoms with Gasteiger partial charge >= 0.3 is 5.63 Å². The fourth-order valence-electron chi connectivity index (χ4n) is 2.75. The number of methoxy groups -OCH3 is 1. The molecule has 3 aromatic rings. The maximum Gasteiger partial charge on any atom is 0.344 e. The number of phenolic OH excluding ortho intramolecular Hbond substituents is 2. The zero-order valence-corrected chi connectivity index (χ0v) is 10.9. The van der Waals surface area contributed by atoms with Crippen LogP contribution in [-0.4, -0.2) is 17.3 Å². The highest BCUT2D eigenvalue weighted by Crippen LogP contribution is 2.47. The number of ether oxygens (including phenoxy) is 2. The summed E-state index contributed by atoms with van der Waals surface area (Å²) >= 11 is 0. The van der Waals surface area contributed by atoms with Gasteiger partial charge in [0, 0.05) is 23.4 Å². The van der Waals surface area contributed by atoms with Crippen LogP contribution in [-0.2, 0) is 4.74 Å². The molecule has 6 heteroatoms. The van der Waals surface area contributed by atoms with E-state index in [0.29, 0.717) is 16.3 Å². The maximum absolute atomic E-state index is 12.0. The molecule has 0 fully saturated rings. The summed E-state index contributed by atoms with van der Waals surface area (Å²) in [6.07, 6.45) is -0.759. The van der Waals surface area contributed by atoms with E-state index in [9.17, 15) is 15.0 Å². The van der Waals surface area contributed by atoms with Crippen LogP contribution in [0.15, 0.2) is 33.5 Å². The molecule has 0 bridgehead atoms. The zero-order valence-electron chi connectivity index (χ0n) is 10.9. The third-order valence-electron chi connectivity index (χ3n) is 3.66. The Kier molecular flexibility index (Phi) is 2.23. The van der Waals surface area contributed by atoms with Crippen LogP contribution in [0.5, 0.6) is 17.2 Å². The van der Waals surface area contributed by atoms with Crippen LogP contribution in [0.4, 0.5) is 0 Å². The largest absolute Gasteiger partial charge is 0.504 e. The summed E-state index contributed by atoms with van der Waals surface area (Å²) in [7, 11) is 1.46. The van der Waals surface area contributed by atoms with Crippen LogP contribution in [0, 0.1) is 0 Å². The number of aromatic hydroxyl groups is 2. The van der Waals surface area contributed by atoms with Gasteiger partial charge in [0.25, 0.3) is 0 Å². The van der Waals surface area contributed by atoms with E-state index in [1.807, 2.05) is 0 Å². The Morgan fingerprint density at radius 1 is 1.10 bits per heavy atom. The van der Waals surface area contributed by atoms with E-state index in [-0.39, 0.29) is 28.2 Å². The highest BCUT2D eigenvalue weighted by Gasteiger charge is 2.29. The van der Waals surface area contributed by atoms with Crippen molar-refractivity contribution in [2.75, 3.05) is 7.11 Å². The first kappa shape index (κ1) is 12.0. The molecule has 0 saturated carbocycles. The standard InChI is InChI=1S/C15H10O6/c1-19-15-7-3-5-8(16)12-11(7)10-6(14(18)20-12)2-4-9(17)13(10)21-15/h2-5,15-17H,1H3. The second-order valence-electron chi connectivity index (χ2n) is 4.79. The van der Waals surface area contributed by atoms with Crippen molar-refractivity contribution < 1.29 is 24.1 Å². The van der Waals surface area contributed by atoms with Crippen LogP contribution in [0.2, 0.25) is 0 Å². The minimum absolute atomic E-state index is 0.0576. The van der Waals surface area contributed by atoms with E-state index in [1.165, 1.54) is 25.3 Å². The van der Waals surface area contributed by atoms with Gasteiger partial charge in [0.15, 0.2) is 22.8 Å². The van der Waals surface area contributed by atoms with Crippen molar-refractivity contribution in [3.05, 3.63) is 40.2 Å². The molecule has 0 aliphatic carbocycles. The molecule has 1 atom stereocenters. The van der Waals surface area contributed by atoms with Gasteiger partial charge in [-0.15, -0.1) is 0 Å². The molecule has 4 rings (SSSR count). The molecule has 1 aliphatic heterocycles. The summed E-state index contributed by atoms with van der Waals surface area (Å²) < 4.78 is 16.1. The third kappa shape index (κ3) is 1.42. The molecule has 0 amide bonds. The molecule has 2 heterocycles. The molecule has 2 aromatic carbocycles. The lowest BCUT2D eigenvalue weighted by molar-refractivity contribution is -0.0568. The van der Waals surface area contributed by atoms with Crippen molar-refractivity contribution in [1.29, 1.82) is 0 Å². The van der Waals surface area contributed by atoms with E-state index < -0.39 is 11.9 Å². The number of benzene rings is 2. The summed E-state index contributed by atoms with van der Waals surface area (Å²) in [5.41, 5.74) is 0.0741. The van der Waals surface area contributed by atoms with Gasteiger partial charge in [0.1, 0.15) is 0 Å². The first-order valence-corrected chi connectivity index (χ1v) is 6.25. The number of hydrogen-bond acceptors (Lipinski definition) is 6. The van der Waals surface area contributed by atoms with Gasteiger partial charge in [-0.25, -0.2) is 4.79 Å². The fourth-order valence-corrected chi connectivity index (χ4v) is 2.75. The van der Waals surface area contributed by atoms with Gasteiger partial charge in [0.05, 0.1) is 5.39 Å². The van der Waals surface area contributed by atoms with Gasteiger partial charge in [-0.05, 0) is 24.3 Å². The number of hydrogen-bond donors (Lipinski definition) is 2. The molecule has 0 radical (unpaired) electrons. The summed E-state index contributed by atoms with van der Waals surface area (Å²) in [5.74, 6) is -0.111. The Bertz CT molecular complexity index is 956. The van der Waals surface area contributed by atoms with E-state index in [4.69, 9.17) is 13.9 Å². The van der Waals surface area contributed by atoms with Crippen molar-refractivity contribution in [3.8, 4) is 17.2 Å². The Hall–Kier alpha value is -2.73. The smallest absolute Gasteiger partial charge is 0.344 e. The quantitative estimate of drug-likeness (QED) is 0.527. The Morgan fingerprint density at radius 3 is 2.62 bits per heavy atom. The van der Waals surface area contributed by atoms with Crippen LogP contribution in [0.25, 0.3) is 21.7 Å². The van der Waals surface area contributed by atoms with Gasteiger partial charge in [-0.1, -0.05) is 0 Å². The fraction of sp³-hybridized carbons (Fsp3) is 0.133. The molecule has 1 unspecified atom stereocenters. The van der Waals surface area contributed by atoms with Crippen molar-refractivity contribution in [3.63, 3.8) is 0 Å². The lowest BCUT2D eigenvalue weighted by Crippen LogP contribution is -2.16. The maximum atomic E-state index is 12.0. The molecule has 0 spiro atoms. The molecular weight excluding hydrogens is 276 g/mol. The Morgan fingerprint density at radius 2 is 1.86 bits per heavy atom. The molecule has 21 heavy (non-hydrogen) atoms. The lowest BCUT2D eigenvalue weighted by atomic mass is 9.98. The molecular formula is C15H10O6. The summed E-state index contributed by atoms with van der Waals surface area (Å²) in [6, 6.07) is 5.87. The van der Waals surface area contributed by atoms with E-state index in [2.05, 4.69) is 0 Å². The minimum atomic E-state index is -0.759. The van der Waals surface area contributed by atoms with Gasteiger partial charge in [0.2, 0.25) is 6.29 Å². The second-order valence-corrected chi connectivity index (χ2v) is 4.79. The van der Waals surface area contributed by atoms with Crippen LogP contribution in [0.3, 0.4) is 0 Å². The molecule has 1 aromatic heterocycles. The van der Waals surface area contributed by atoms with Gasteiger partial charge in [-0.3, -0.25) is 0 Å². The molecule has 1 aliphatic rings. The minimum Gasteiger partial charge on any atom is -0.504 e. The normalized spacial score (nSPS) is 16.5. The monoisotopic (exact) mass is 286 g/mol. The first-order chi connectivity index (χ1) is 10.1. The SMILES string of the molecule is COC1Oc2c(O)ccc3c(=O)oc4c(O)ccc1c4c23. The van der Waals surface area contributed by atoms with E-state index in [1.54, 1.807) is 6.07 Å². The lowest BCUT2D eigenvalue weighted by Gasteiger charge is -2.26. The van der Waals surface area contributed by atoms with E-state index >= 15 is 0 Å². The van der Waals surface area contributed by atoms with Crippen molar-refractivity contribution in [2.24, 2.45) is 0 Å². The topological polar surface area (TPSA) is 89.1 Å². The predicted octanol–water partition coefficient (Wildman–Crippen LogP) is 2.39. The molecule has 6 nitrogen and oxygen atoms in total. The molecule has 2 N–H and O–H groups in total. The highest BCUT2D eigenvalue weighted by molar-refractivity contribution is 6.12. The number of rotatable bonds is 1. The van der Waals surface area contributed by atoms with Crippen LogP contribution >= 0.6 is 0 Å². The van der Waals surface area contributed by atoms with Gasteiger partial charge < -0.3 is 24.1 Å². The molecule has 0 saturated heterocycles. The number of phenols is 2. The third-order valence-corrected chi connectivity index (χ3v) is 3.66. The predicted molar refractivity (Wildman–Crippen MR) is 73.7 cm³/mol. The Balaban J connectivity index is 2.37. The second kappa shape index (κ2) is 3.89. The summed E-state index contributed by atoms with van der Waals surface area (Å²) in [6.45, 7) is 0. The van der Waals surface area contributed by atoms with Crippen molar-refractivity contribution >= 4 is 21.7 Å².